The molecule has 0 aromatic heterocycles. The van der Waals surface area contributed by atoms with Crippen molar-refractivity contribution in [2.45, 2.75) is 6.10 Å². The van der Waals surface area contributed by atoms with Gasteiger partial charge in [0.2, 0.25) is 0 Å². The van der Waals surface area contributed by atoms with Crippen LogP contribution in [0.1, 0.15) is 22.0 Å². The summed E-state index contributed by atoms with van der Waals surface area (Å²) in [4.78, 5) is 12.3. The Labute approximate surface area is 129 Å². The van der Waals surface area contributed by atoms with Gasteiger partial charge in [0.1, 0.15) is 6.10 Å². The smallest absolute Gasteiger partial charge is 0.195 e. The van der Waals surface area contributed by atoms with Crippen molar-refractivity contribution in [2.75, 3.05) is 0 Å². The van der Waals surface area contributed by atoms with Crippen molar-refractivity contribution in [2.24, 2.45) is 0 Å². The maximum Gasteiger partial charge on any atom is 0.195 e. The average Bonchev–Trinajstić information content (AvgIpc) is 2.62. The van der Waals surface area contributed by atoms with Crippen molar-refractivity contribution < 1.29 is 9.90 Å². The van der Waals surface area contributed by atoms with E-state index in [2.05, 4.69) is 0 Å². The van der Waals surface area contributed by atoms with E-state index >= 15 is 0 Å². The topological polar surface area (TPSA) is 37.3 Å². The number of ketones is 1. The predicted molar refractivity (Wildman–Crippen MR) is 87.6 cm³/mol. The van der Waals surface area contributed by atoms with Crippen LogP contribution in [0.4, 0.5) is 0 Å². The largest absolute Gasteiger partial charge is 0.380 e. The van der Waals surface area contributed by atoms with Gasteiger partial charge in [0.15, 0.2) is 5.78 Å². The van der Waals surface area contributed by atoms with Crippen LogP contribution >= 0.6 is 0 Å². The van der Waals surface area contributed by atoms with Gasteiger partial charge in [-0.2, -0.15) is 0 Å². The minimum Gasteiger partial charge on any atom is -0.380 e. The highest BCUT2D eigenvalue weighted by Crippen LogP contribution is 2.25. The first kappa shape index (κ1) is 14.2. The Morgan fingerprint density at radius 1 is 0.727 bits per heavy atom. The van der Waals surface area contributed by atoms with Crippen LogP contribution in [0.5, 0.6) is 0 Å². The molecule has 0 radical (unpaired) electrons. The molecule has 2 heteroatoms. The van der Waals surface area contributed by atoms with Crippen molar-refractivity contribution in [1.82, 2.24) is 0 Å². The molecule has 0 spiro atoms. The van der Waals surface area contributed by atoms with E-state index in [-0.39, 0.29) is 5.78 Å². The number of rotatable bonds is 4. The molecule has 108 valence electrons. The Balaban J connectivity index is 1.91. The van der Waals surface area contributed by atoms with E-state index in [0.29, 0.717) is 11.1 Å². The number of benzene rings is 3. The predicted octanol–water partition coefficient (Wildman–Crippen LogP) is 4.27. The summed E-state index contributed by atoms with van der Waals surface area (Å²) in [7, 11) is 0. The Hall–Kier alpha value is -2.71. The van der Waals surface area contributed by atoms with Crippen molar-refractivity contribution in [3.63, 3.8) is 0 Å². The van der Waals surface area contributed by atoms with Crippen LogP contribution < -0.4 is 0 Å². The molecule has 3 aromatic rings. The van der Waals surface area contributed by atoms with Crippen LogP contribution in [0, 0.1) is 0 Å². The SMILES string of the molecule is O=C(c1ccccc1)C(O)c1cccc(-c2ccccc2)c1. The van der Waals surface area contributed by atoms with Gasteiger partial charge in [-0.05, 0) is 22.8 Å². The summed E-state index contributed by atoms with van der Waals surface area (Å²) in [5.74, 6) is -0.286. The summed E-state index contributed by atoms with van der Waals surface area (Å²) < 4.78 is 0. The molecule has 0 aliphatic heterocycles. The molecule has 0 fully saturated rings. The minimum absolute atomic E-state index is 0.286. The molecule has 1 N–H and O–H groups in total. The first-order valence-electron chi connectivity index (χ1n) is 7.18. The van der Waals surface area contributed by atoms with Crippen molar-refractivity contribution in [1.29, 1.82) is 0 Å². The lowest BCUT2D eigenvalue weighted by atomic mass is 9.96. The quantitative estimate of drug-likeness (QED) is 0.728. The van der Waals surface area contributed by atoms with Gasteiger partial charge in [-0.15, -0.1) is 0 Å². The normalized spacial score (nSPS) is 11.9. The second-order valence-electron chi connectivity index (χ2n) is 5.12. The third-order valence-electron chi connectivity index (χ3n) is 3.62. The second kappa shape index (κ2) is 6.37. The number of Topliss-reactive ketones (excluding diaryl/α,β-unsaturated/α-hetero) is 1. The highest BCUT2D eigenvalue weighted by molar-refractivity contribution is 5.99. The van der Waals surface area contributed by atoms with Gasteiger partial charge in [-0.1, -0.05) is 78.9 Å². The van der Waals surface area contributed by atoms with Crippen molar-refractivity contribution in [3.8, 4) is 11.1 Å². The van der Waals surface area contributed by atoms with Crippen LogP contribution in [0.2, 0.25) is 0 Å². The Morgan fingerprint density at radius 2 is 1.32 bits per heavy atom. The van der Waals surface area contributed by atoms with Crippen LogP contribution in [0.25, 0.3) is 11.1 Å². The summed E-state index contributed by atoms with van der Waals surface area (Å²) in [6.07, 6.45) is -1.15. The molecule has 0 saturated heterocycles. The third kappa shape index (κ3) is 2.97. The molecule has 2 nitrogen and oxygen atoms in total. The van der Waals surface area contributed by atoms with Gasteiger partial charge in [0.25, 0.3) is 0 Å². The van der Waals surface area contributed by atoms with Gasteiger partial charge in [0, 0.05) is 5.56 Å². The third-order valence-corrected chi connectivity index (χ3v) is 3.62. The molecular formula is C20H16O2. The lowest BCUT2D eigenvalue weighted by Gasteiger charge is -2.12. The van der Waals surface area contributed by atoms with E-state index in [1.54, 1.807) is 30.3 Å². The van der Waals surface area contributed by atoms with Gasteiger partial charge in [-0.3, -0.25) is 4.79 Å². The van der Waals surface area contributed by atoms with Crippen LogP contribution in [-0.2, 0) is 0 Å². The number of hydrogen-bond donors (Lipinski definition) is 1. The first-order chi connectivity index (χ1) is 10.8. The second-order valence-corrected chi connectivity index (χ2v) is 5.12. The highest BCUT2D eigenvalue weighted by Gasteiger charge is 2.19. The lowest BCUT2D eigenvalue weighted by Crippen LogP contribution is -2.12. The number of carbonyl (C=O) groups excluding carboxylic acids is 1. The fourth-order valence-corrected chi connectivity index (χ4v) is 2.43. The summed E-state index contributed by atoms with van der Waals surface area (Å²) in [5.41, 5.74) is 3.16. The minimum atomic E-state index is -1.15. The summed E-state index contributed by atoms with van der Waals surface area (Å²) in [6.45, 7) is 0. The van der Waals surface area contributed by atoms with Crippen LogP contribution in [0.3, 0.4) is 0 Å². The fraction of sp³-hybridized carbons (Fsp3) is 0.0500. The average molecular weight is 288 g/mol. The highest BCUT2D eigenvalue weighted by atomic mass is 16.3. The van der Waals surface area contributed by atoms with E-state index in [1.807, 2.05) is 54.6 Å². The molecule has 1 atom stereocenters. The van der Waals surface area contributed by atoms with E-state index < -0.39 is 6.10 Å². The molecule has 0 heterocycles. The number of carbonyl (C=O) groups is 1. The molecule has 1 unspecified atom stereocenters. The van der Waals surface area contributed by atoms with E-state index in [9.17, 15) is 9.90 Å². The van der Waals surface area contributed by atoms with Crippen molar-refractivity contribution in [3.05, 3.63) is 96.1 Å². The molecule has 0 aliphatic carbocycles. The molecular weight excluding hydrogens is 272 g/mol. The Bertz CT molecular complexity index is 764. The maximum atomic E-state index is 12.3. The molecule has 3 rings (SSSR count). The molecule has 0 amide bonds. The van der Waals surface area contributed by atoms with Gasteiger partial charge < -0.3 is 5.11 Å². The van der Waals surface area contributed by atoms with E-state index in [1.165, 1.54) is 0 Å². The summed E-state index contributed by atoms with van der Waals surface area (Å²) in [6, 6.07) is 26.2. The standard InChI is InChI=1S/C20H16O2/c21-19(16-10-5-2-6-11-16)20(22)18-13-7-12-17(14-18)15-8-3-1-4-9-15/h1-14,20,22H. The molecule has 0 saturated carbocycles. The molecule has 0 aliphatic rings. The van der Waals surface area contributed by atoms with Crippen LogP contribution in [0.15, 0.2) is 84.9 Å². The zero-order valence-electron chi connectivity index (χ0n) is 12.0. The Kier molecular flexibility index (Phi) is 4.12. The van der Waals surface area contributed by atoms with Crippen LogP contribution in [-0.4, -0.2) is 10.9 Å². The number of aliphatic hydroxyl groups is 1. The Morgan fingerprint density at radius 3 is 2.00 bits per heavy atom. The maximum absolute atomic E-state index is 12.3. The zero-order valence-corrected chi connectivity index (χ0v) is 12.0. The van der Waals surface area contributed by atoms with Gasteiger partial charge >= 0.3 is 0 Å². The van der Waals surface area contributed by atoms with E-state index in [0.717, 1.165) is 11.1 Å². The monoisotopic (exact) mass is 288 g/mol. The van der Waals surface area contributed by atoms with E-state index in [4.69, 9.17) is 0 Å². The molecule has 3 aromatic carbocycles. The van der Waals surface area contributed by atoms with Gasteiger partial charge in [-0.25, -0.2) is 0 Å². The molecule has 22 heavy (non-hydrogen) atoms. The fourth-order valence-electron chi connectivity index (χ4n) is 2.43. The summed E-state index contributed by atoms with van der Waals surface area (Å²) in [5, 5.41) is 10.4. The number of aliphatic hydroxyl groups excluding tert-OH is 1. The molecule has 0 bridgehead atoms. The van der Waals surface area contributed by atoms with Crippen molar-refractivity contribution >= 4 is 5.78 Å². The lowest BCUT2D eigenvalue weighted by molar-refractivity contribution is 0.0747. The number of hydrogen-bond acceptors (Lipinski definition) is 2. The van der Waals surface area contributed by atoms with Gasteiger partial charge in [0.05, 0.1) is 0 Å². The summed E-state index contributed by atoms with van der Waals surface area (Å²) >= 11 is 0. The first-order valence-corrected chi connectivity index (χ1v) is 7.18. The zero-order chi connectivity index (χ0) is 15.4.